The largest absolute Gasteiger partial charge is 0.451 e. The van der Waals surface area contributed by atoms with Crippen molar-refractivity contribution in [2.75, 3.05) is 5.73 Å². The maximum Gasteiger partial charge on any atom is 0.170 e. The SMILES string of the molecule is Cc1nc(N)cc(-c2cc3cccc(F)c3o2)n1. The lowest BCUT2D eigenvalue weighted by Crippen LogP contribution is -1.96. The van der Waals surface area contributed by atoms with Crippen molar-refractivity contribution in [3.8, 4) is 11.5 Å². The molecular formula is C13H10FN3O. The van der Waals surface area contributed by atoms with Crippen LogP contribution in [0.5, 0.6) is 0 Å². The Kier molecular flexibility index (Phi) is 2.26. The Bertz CT molecular complexity index is 716. The van der Waals surface area contributed by atoms with Crippen molar-refractivity contribution >= 4 is 16.8 Å². The van der Waals surface area contributed by atoms with Crippen molar-refractivity contribution in [1.29, 1.82) is 0 Å². The van der Waals surface area contributed by atoms with Gasteiger partial charge in [0.1, 0.15) is 17.3 Å². The van der Waals surface area contributed by atoms with Gasteiger partial charge in [0.15, 0.2) is 17.2 Å². The third kappa shape index (κ3) is 1.69. The highest BCUT2D eigenvalue weighted by Gasteiger charge is 2.11. The molecule has 0 aliphatic carbocycles. The van der Waals surface area contributed by atoms with E-state index in [2.05, 4.69) is 9.97 Å². The van der Waals surface area contributed by atoms with Crippen LogP contribution in [-0.4, -0.2) is 9.97 Å². The van der Waals surface area contributed by atoms with Gasteiger partial charge in [0.25, 0.3) is 0 Å². The summed E-state index contributed by atoms with van der Waals surface area (Å²) in [4.78, 5) is 8.20. The monoisotopic (exact) mass is 243 g/mol. The van der Waals surface area contributed by atoms with Gasteiger partial charge in [0, 0.05) is 11.5 Å². The number of furan rings is 1. The van der Waals surface area contributed by atoms with Gasteiger partial charge in [0.05, 0.1) is 0 Å². The van der Waals surface area contributed by atoms with Gasteiger partial charge < -0.3 is 10.2 Å². The maximum atomic E-state index is 13.5. The molecule has 0 amide bonds. The average molecular weight is 243 g/mol. The van der Waals surface area contributed by atoms with Gasteiger partial charge in [-0.15, -0.1) is 0 Å². The summed E-state index contributed by atoms with van der Waals surface area (Å²) >= 11 is 0. The van der Waals surface area contributed by atoms with E-state index in [1.807, 2.05) is 0 Å². The molecule has 90 valence electrons. The molecule has 0 spiro atoms. The molecule has 0 fully saturated rings. The number of nitrogens with zero attached hydrogens (tertiary/aromatic N) is 2. The molecule has 0 aliphatic heterocycles. The van der Waals surface area contributed by atoms with Crippen molar-refractivity contribution in [3.05, 3.63) is 42.0 Å². The van der Waals surface area contributed by atoms with E-state index in [4.69, 9.17) is 10.2 Å². The fraction of sp³-hybridized carbons (Fsp3) is 0.0769. The zero-order valence-electron chi connectivity index (χ0n) is 9.64. The molecule has 3 aromatic rings. The Balaban J connectivity index is 2.22. The van der Waals surface area contributed by atoms with E-state index in [1.165, 1.54) is 6.07 Å². The number of nitrogen functional groups attached to an aromatic ring is 1. The predicted octanol–water partition coefficient (Wildman–Crippen LogP) is 2.92. The van der Waals surface area contributed by atoms with E-state index in [1.54, 1.807) is 31.2 Å². The summed E-state index contributed by atoms with van der Waals surface area (Å²) in [6.45, 7) is 1.74. The highest BCUT2D eigenvalue weighted by Crippen LogP contribution is 2.28. The van der Waals surface area contributed by atoms with Crippen LogP contribution in [0.25, 0.3) is 22.4 Å². The quantitative estimate of drug-likeness (QED) is 0.713. The molecule has 2 aromatic heterocycles. The zero-order chi connectivity index (χ0) is 12.7. The number of anilines is 1. The van der Waals surface area contributed by atoms with Gasteiger partial charge in [0.2, 0.25) is 0 Å². The topological polar surface area (TPSA) is 64.9 Å². The normalized spacial score (nSPS) is 11.0. The fourth-order valence-corrected chi connectivity index (χ4v) is 1.87. The van der Waals surface area contributed by atoms with Gasteiger partial charge in [-0.1, -0.05) is 12.1 Å². The van der Waals surface area contributed by atoms with Crippen LogP contribution < -0.4 is 5.73 Å². The Labute approximate surface area is 102 Å². The van der Waals surface area contributed by atoms with Gasteiger partial charge in [-0.05, 0) is 19.1 Å². The van der Waals surface area contributed by atoms with Crippen LogP contribution in [0.15, 0.2) is 34.7 Å². The fourth-order valence-electron chi connectivity index (χ4n) is 1.87. The average Bonchev–Trinajstić information content (AvgIpc) is 2.73. The lowest BCUT2D eigenvalue weighted by molar-refractivity contribution is 0.567. The first kappa shape index (κ1) is 10.7. The molecule has 0 radical (unpaired) electrons. The van der Waals surface area contributed by atoms with Crippen molar-refractivity contribution < 1.29 is 8.81 Å². The first-order chi connectivity index (χ1) is 8.63. The third-order valence-corrected chi connectivity index (χ3v) is 2.61. The number of aromatic nitrogens is 2. The van der Waals surface area contributed by atoms with Crippen LogP contribution in [0.4, 0.5) is 10.2 Å². The molecule has 2 N–H and O–H groups in total. The van der Waals surface area contributed by atoms with Crippen LogP contribution in [0.1, 0.15) is 5.82 Å². The molecule has 0 saturated heterocycles. The summed E-state index contributed by atoms with van der Waals surface area (Å²) in [5.41, 5.74) is 6.43. The summed E-state index contributed by atoms with van der Waals surface area (Å²) in [7, 11) is 0. The molecule has 0 aliphatic rings. The Morgan fingerprint density at radius 1 is 1.22 bits per heavy atom. The van der Waals surface area contributed by atoms with E-state index in [0.717, 1.165) is 0 Å². The van der Waals surface area contributed by atoms with Crippen LogP contribution in [0.2, 0.25) is 0 Å². The molecule has 0 saturated carbocycles. The van der Waals surface area contributed by atoms with Gasteiger partial charge in [-0.2, -0.15) is 0 Å². The van der Waals surface area contributed by atoms with Crippen LogP contribution in [-0.2, 0) is 0 Å². The lowest BCUT2D eigenvalue weighted by Gasteiger charge is -1.99. The standard InChI is InChI=1S/C13H10FN3O/c1-7-16-10(6-12(15)17-7)11-5-8-3-2-4-9(14)13(8)18-11/h2-6H,1H3,(H2,15,16,17). The molecule has 0 bridgehead atoms. The second-order valence-corrected chi connectivity index (χ2v) is 3.99. The minimum absolute atomic E-state index is 0.224. The molecule has 4 nitrogen and oxygen atoms in total. The van der Waals surface area contributed by atoms with Crippen molar-refractivity contribution in [1.82, 2.24) is 9.97 Å². The van der Waals surface area contributed by atoms with Crippen LogP contribution in [0, 0.1) is 12.7 Å². The van der Waals surface area contributed by atoms with Crippen LogP contribution >= 0.6 is 0 Å². The highest BCUT2D eigenvalue weighted by molar-refractivity contribution is 5.82. The molecule has 0 unspecified atom stereocenters. The third-order valence-electron chi connectivity index (χ3n) is 2.61. The number of rotatable bonds is 1. The summed E-state index contributed by atoms with van der Waals surface area (Å²) < 4.78 is 19.0. The predicted molar refractivity (Wildman–Crippen MR) is 66.3 cm³/mol. The number of fused-ring (bicyclic) bond motifs is 1. The van der Waals surface area contributed by atoms with Crippen LogP contribution in [0.3, 0.4) is 0 Å². The molecule has 1 aromatic carbocycles. The number of aryl methyl sites for hydroxylation is 1. The van der Waals surface area contributed by atoms with Gasteiger partial charge in [-0.25, -0.2) is 14.4 Å². The minimum atomic E-state index is -0.391. The Morgan fingerprint density at radius 3 is 2.78 bits per heavy atom. The summed E-state index contributed by atoms with van der Waals surface area (Å²) in [5.74, 6) is 0.995. The summed E-state index contributed by atoms with van der Waals surface area (Å²) in [5, 5.41) is 0.694. The molecule has 0 atom stereocenters. The lowest BCUT2D eigenvalue weighted by atomic mass is 10.2. The molecule has 18 heavy (non-hydrogen) atoms. The Morgan fingerprint density at radius 2 is 2.06 bits per heavy atom. The van der Waals surface area contributed by atoms with Gasteiger partial charge >= 0.3 is 0 Å². The number of halogens is 1. The zero-order valence-corrected chi connectivity index (χ0v) is 9.64. The molecule has 5 heteroatoms. The van der Waals surface area contributed by atoms with Crippen molar-refractivity contribution in [3.63, 3.8) is 0 Å². The number of hydrogen-bond acceptors (Lipinski definition) is 4. The van der Waals surface area contributed by atoms with Gasteiger partial charge in [-0.3, -0.25) is 0 Å². The van der Waals surface area contributed by atoms with E-state index in [0.29, 0.717) is 28.5 Å². The maximum absolute atomic E-state index is 13.5. The first-order valence-corrected chi connectivity index (χ1v) is 5.43. The number of para-hydroxylation sites is 1. The highest BCUT2D eigenvalue weighted by atomic mass is 19.1. The number of nitrogens with two attached hydrogens (primary N) is 1. The number of benzene rings is 1. The molecular weight excluding hydrogens is 233 g/mol. The van der Waals surface area contributed by atoms with E-state index in [9.17, 15) is 4.39 Å². The van der Waals surface area contributed by atoms with E-state index >= 15 is 0 Å². The minimum Gasteiger partial charge on any atom is -0.451 e. The summed E-state index contributed by atoms with van der Waals surface area (Å²) in [6, 6.07) is 8.11. The smallest absolute Gasteiger partial charge is 0.170 e. The second kappa shape index (κ2) is 3.80. The van der Waals surface area contributed by atoms with Crippen molar-refractivity contribution in [2.45, 2.75) is 6.92 Å². The van der Waals surface area contributed by atoms with E-state index in [-0.39, 0.29) is 5.58 Å². The number of hydrogen-bond donors (Lipinski definition) is 1. The second-order valence-electron chi connectivity index (χ2n) is 3.99. The molecule has 2 heterocycles. The van der Waals surface area contributed by atoms with Crippen molar-refractivity contribution in [2.24, 2.45) is 0 Å². The van der Waals surface area contributed by atoms with E-state index < -0.39 is 5.82 Å². The Hall–Kier alpha value is -2.43. The summed E-state index contributed by atoms with van der Waals surface area (Å²) in [6.07, 6.45) is 0. The molecule has 3 rings (SSSR count). The first-order valence-electron chi connectivity index (χ1n) is 5.43.